The van der Waals surface area contributed by atoms with Crippen LogP contribution in [-0.2, 0) is 4.74 Å². The minimum atomic E-state index is 0. The highest BCUT2D eigenvalue weighted by atomic mass is 127. The van der Waals surface area contributed by atoms with Crippen LogP contribution in [0.3, 0.4) is 0 Å². The molecule has 23 heavy (non-hydrogen) atoms. The summed E-state index contributed by atoms with van der Waals surface area (Å²) >= 11 is 2.06. The minimum absolute atomic E-state index is 0. The second kappa shape index (κ2) is 12.6. The van der Waals surface area contributed by atoms with Gasteiger partial charge in [0.1, 0.15) is 0 Å². The molecular weight excluding hydrogens is 421 g/mol. The number of hydrogen-bond acceptors (Lipinski definition) is 3. The van der Waals surface area contributed by atoms with E-state index in [2.05, 4.69) is 55.1 Å². The molecular formula is C17H36IN3OS. The lowest BCUT2D eigenvalue weighted by Crippen LogP contribution is -2.49. The van der Waals surface area contributed by atoms with Crippen molar-refractivity contribution in [3.8, 4) is 0 Å². The fraction of sp³-hybridized carbons (Fsp3) is 0.941. The molecule has 0 bridgehead atoms. The average molecular weight is 457 g/mol. The van der Waals surface area contributed by atoms with Gasteiger partial charge < -0.3 is 15.4 Å². The predicted molar refractivity (Wildman–Crippen MR) is 114 cm³/mol. The lowest BCUT2D eigenvalue weighted by molar-refractivity contribution is 0.0782. The molecule has 1 fully saturated rings. The third-order valence-corrected chi connectivity index (χ3v) is 5.67. The van der Waals surface area contributed by atoms with Gasteiger partial charge in [-0.25, -0.2) is 0 Å². The normalized spacial score (nSPS) is 19.1. The van der Waals surface area contributed by atoms with E-state index in [1.54, 1.807) is 0 Å². The minimum Gasteiger partial charge on any atom is -0.381 e. The molecule has 1 unspecified atom stereocenters. The Hall–Kier alpha value is 0.310. The van der Waals surface area contributed by atoms with E-state index >= 15 is 0 Å². The van der Waals surface area contributed by atoms with Crippen LogP contribution < -0.4 is 10.6 Å². The monoisotopic (exact) mass is 457 g/mol. The maximum absolute atomic E-state index is 5.54. The Morgan fingerprint density at radius 2 is 1.87 bits per heavy atom. The van der Waals surface area contributed by atoms with Crippen molar-refractivity contribution >= 4 is 41.7 Å². The number of rotatable bonds is 8. The van der Waals surface area contributed by atoms with Crippen LogP contribution in [0.25, 0.3) is 0 Å². The Morgan fingerprint density at radius 3 is 2.39 bits per heavy atom. The van der Waals surface area contributed by atoms with Crippen LogP contribution >= 0.6 is 35.7 Å². The zero-order valence-electron chi connectivity index (χ0n) is 15.5. The highest BCUT2D eigenvalue weighted by Gasteiger charge is 2.32. The van der Waals surface area contributed by atoms with Crippen LogP contribution in [0.5, 0.6) is 0 Å². The van der Waals surface area contributed by atoms with E-state index in [0.717, 1.165) is 50.2 Å². The zero-order valence-corrected chi connectivity index (χ0v) is 18.6. The Labute approximate surface area is 164 Å². The largest absolute Gasteiger partial charge is 0.381 e. The van der Waals surface area contributed by atoms with Crippen molar-refractivity contribution < 1.29 is 4.74 Å². The summed E-state index contributed by atoms with van der Waals surface area (Å²) in [7, 11) is 1.86. The van der Waals surface area contributed by atoms with Gasteiger partial charge in [0.2, 0.25) is 0 Å². The molecule has 1 saturated heterocycles. The molecule has 0 spiro atoms. The summed E-state index contributed by atoms with van der Waals surface area (Å²) in [6.07, 6.45) is 4.68. The van der Waals surface area contributed by atoms with Crippen molar-refractivity contribution in [2.24, 2.45) is 10.9 Å². The second-order valence-electron chi connectivity index (χ2n) is 6.67. The number of ether oxygens (including phenoxy) is 1. The smallest absolute Gasteiger partial charge is 0.191 e. The molecule has 1 atom stereocenters. The van der Waals surface area contributed by atoms with Gasteiger partial charge in [0.05, 0.1) is 0 Å². The molecule has 6 heteroatoms. The number of aliphatic imine (C=N–C) groups is 1. The first-order chi connectivity index (χ1) is 10.5. The van der Waals surface area contributed by atoms with E-state index in [4.69, 9.17) is 4.74 Å². The van der Waals surface area contributed by atoms with Gasteiger partial charge in [0.25, 0.3) is 0 Å². The Bertz CT molecular complexity index is 328. The molecule has 1 heterocycles. The lowest BCUT2D eigenvalue weighted by Gasteiger charge is -2.37. The van der Waals surface area contributed by atoms with Gasteiger partial charge in [-0.15, -0.1) is 24.0 Å². The summed E-state index contributed by atoms with van der Waals surface area (Å²) in [6, 6.07) is 0.457. The maximum Gasteiger partial charge on any atom is 0.191 e. The molecule has 0 aromatic carbocycles. The first-order valence-corrected chi connectivity index (χ1v) is 9.69. The molecule has 0 radical (unpaired) electrons. The van der Waals surface area contributed by atoms with Crippen LogP contribution in [0.1, 0.15) is 53.4 Å². The first-order valence-electron chi connectivity index (χ1n) is 8.70. The van der Waals surface area contributed by atoms with Crippen LogP contribution in [0.2, 0.25) is 0 Å². The number of nitrogens with one attached hydrogen (secondary N) is 2. The number of thioether (sulfide) groups is 1. The summed E-state index contributed by atoms with van der Waals surface area (Å²) < 4.78 is 5.83. The van der Waals surface area contributed by atoms with Crippen LogP contribution in [-0.4, -0.2) is 49.3 Å². The predicted octanol–water partition coefficient (Wildman–Crippen LogP) is 3.90. The zero-order chi connectivity index (χ0) is 16.4. The molecule has 2 N–H and O–H groups in total. The number of guanidine groups is 1. The van der Waals surface area contributed by atoms with Crippen molar-refractivity contribution in [2.45, 2.75) is 64.2 Å². The fourth-order valence-electron chi connectivity index (χ4n) is 2.75. The van der Waals surface area contributed by atoms with Gasteiger partial charge in [0, 0.05) is 37.6 Å². The van der Waals surface area contributed by atoms with Crippen LogP contribution in [0, 0.1) is 5.92 Å². The summed E-state index contributed by atoms with van der Waals surface area (Å²) in [5.74, 6) is 2.84. The molecule has 0 amide bonds. The average Bonchev–Trinajstić information content (AvgIpc) is 2.50. The van der Waals surface area contributed by atoms with Crippen molar-refractivity contribution in [3.63, 3.8) is 0 Å². The first kappa shape index (κ1) is 23.3. The molecule has 0 saturated carbocycles. The van der Waals surface area contributed by atoms with Gasteiger partial charge in [-0.1, -0.05) is 20.8 Å². The third kappa shape index (κ3) is 9.39. The Kier molecular flexibility index (Phi) is 12.8. The molecule has 4 nitrogen and oxygen atoms in total. The highest BCUT2D eigenvalue weighted by molar-refractivity contribution is 14.0. The summed E-state index contributed by atoms with van der Waals surface area (Å²) in [5.41, 5.74) is 0. The lowest BCUT2D eigenvalue weighted by atomic mass is 9.99. The van der Waals surface area contributed by atoms with E-state index in [1.807, 2.05) is 7.05 Å². The summed E-state index contributed by atoms with van der Waals surface area (Å²) in [5, 5.41) is 7.07. The van der Waals surface area contributed by atoms with Crippen molar-refractivity contribution in [3.05, 3.63) is 0 Å². The fourth-order valence-corrected chi connectivity index (χ4v) is 3.99. The Morgan fingerprint density at radius 1 is 1.22 bits per heavy atom. The molecule has 0 aliphatic carbocycles. The molecule has 0 aromatic heterocycles. The SMILES string of the molecule is CCSC1(CNC(=NC)NC(C)CCC(C)C)CCOCC1.I. The Balaban J connectivity index is 0.00000484. The van der Waals surface area contributed by atoms with Crippen molar-refractivity contribution in [1.82, 2.24) is 10.6 Å². The maximum atomic E-state index is 5.54. The van der Waals surface area contributed by atoms with Gasteiger partial charge in [-0.3, -0.25) is 4.99 Å². The van der Waals surface area contributed by atoms with Gasteiger partial charge in [-0.2, -0.15) is 11.8 Å². The molecule has 1 aliphatic heterocycles. The highest BCUT2D eigenvalue weighted by Crippen LogP contribution is 2.34. The molecule has 0 aromatic rings. The van der Waals surface area contributed by atoms with Crippen molar-refractivity contribution in [1.29, 1.82) is 0 Å². The number of hydrogen-bond donors (Lipinski definition) is 2. The third-order valence-electron chi connectivity index (χ3n) is 4.22. The number of halogens is 1. The molecule has 1 rings (SSSR count). The number of nitrogens with zero attached hydrogens (tertiary/aromatic N) is 1. The quantitative estimate of drug-likeness (QED) is 0.330. The summed E-state index contributed by atoms with van der Waals surface area (Å²) in [6.45, 7) is 11.7. The van der Waals surface area contributed by atoms with Gasteiger partial charge >= 0.3 is 0 Å². The van der Waals surface area contributed by atoms with Gasteiger partial charge in [-0.05, 0) is 44.3 Å². The van der Waals surface area contributed by atoms with Crippen LogP contribution in [0.4, 0.5) is 0 Å². The molecule has 1 aliphatic rings. The van der Waals surface area contributed by atoms with E-state index in [-0.39, 0.29) is 24.0 Å². The van der Waals surface area contributed by atoms with E-state index in [0.29, 0.717) is 10.8 Å². The molecule has 138 valence electrons. The topological polar surface area (TPSA) is 45.7 Å². The standard InChI is InChI=1S/C17H35N3OS.HI/c1-6-22-17(9-11-21-12-10-17)13-19-16(18-5)20-15(4)8-7-14(2)3;/h14-15H,6-13H2,1-5H3,(H2,18,19,20);1H. The van der Waals surface area contributed by atoms with E-state index in [1.165, 1.54) is 12.8 Å². The summed E-state index contributed by atoms with van der Waals surface area (Å²) in [4.78, 5) is 4.38. The second-order valence-corrected chi connectivity index (χ2v) is 8.40. The van der Waals surface area contributed by atoms with E-state index < -0.39 is 0 Å². The van der Waals surface area contributed by atoms with E-state index in [9.17, 15) is 0 Å². The van der Waals surface area contributed by atoms with Crippen molar-refractivity contribution in [2.75, 3.05) is 32.6 Å². The van der Waals surface area contributed by atoms with Gasteiger partial charge in [0.15, 0.2) is 5.96 Å². The van der Waals surface area contributed by atoms with Crippen LogP contribution in [0.15, 0.2) is 4.99 Å².